The average Bonchev–Trinajstić information content (AvgIpc) is 2.27. The van der Waals surface area contributed by atoms with Crippen LogP contribution in [0, 0.1) is 0 Å². The molecule has 0 unspecified atom stereocenters. The van der Waals surface area contributed by atoms with E-state index in [0.717, 1.165) is 0 Å². The molecule has 0 atom stereocenters. The van der Waals surface area contributed by atoms with Crippen LogP contribution in [-0.2, 0) is 5.21 Å². The predicted octanol–water partition coefficient (Wildman–Crippen LogP) is 2.65. The lowest BCUT2D eigenvalue weighted by molar-refractivity contribution is 0.101. The molecule has 1 rings (SSSR count). The van der Waals surface area contributed by atoms with Crippen molar-refractivity contribution in [3.63, 3.8) is 0 Å². The minimum atomic E-state index is -0.639. The summed E-state index contributed by atoms with van der Waals surface area (Å²) in [6.45, 7) is 5.23. The molecule has 0 saturated carbocycles. The van der Waals surface area contributed by atoms with Crippen molar-refractivity contribution in [2.24, 2.45) is 0 Å². The molecule has 81 valence electrons. The molecular formula is C11H13ClNO2. The van der Waals surface area contributed by atoms with Gasteiger partial charge < -0.3 is 0 Å². The second-order valence-electron chi connectivity index (χ2n) is 4.27. The molecule has 0 spiro atoms. The highest BCUT2D eigenvalue weighted by Crippen LogP contribution is 2.18. The van der Waals surface area contributed by atoms with Gasteiger partial charge in [0.05, 0.1) is 5.54 Å². The summed E-state index contributed by atoms with van der Waals surface area (Å²) >= 11 is 5.73. The van der Waals surface area contributed by atoms with Crippen LogP contribution in [-0.4, -0.2) is 5.54 Å². The van der Waals surface area contributed by atoms with Gasteiger partial charge in [-0.2, -0.15) is 0 Å². The monoisotopic (exact) mass is 226 g/mol. The Bertz CT molecular complexity index is 412. The van der Waals surface area contributed by atoms with E-state index in [1.165, 1.54) is 24.3 Å². The van der Waals surface area contributed by atoms with E-state index in [1.807, 2.05) is 0 Å². The van der Waals surface area contributed by atoms with Crippen molar-refractivity contribution in [2.45, 2.75) is 26.3 Å². The quantitative estimate of drug-likeness (QED) is 0.691. The lowest BCUT2D eigenvalue weighted by Crippen LogP contribution is -2.39. The first-order valence-electron chi connectivity index (χ1n) is 4.59. The van der Waals surface area contributed by atoms with Gasteiger partial charge in [0.25, 0.3) is 0 Å². The fourth-order valence-electron chi connectivity index (χ4n) is 1.07. The van der Waals surface area contributed by atoms with Crippen molar-refractivity contribution in [3.05, 3.63) is 39.5 Å². The molecule has 1 radical (unpaired) electrons. The molecule has 0 aliphatic heterocycles. The standard InChI is InChI=1S/C11H13ClNO2/c1-11(2,3)13(15)9-6-4-8(12)5-7-10(9)14/h4-7H,1-3H3. The molecule has 0 N–H and O–H groups in total. The number of hydroxylamine groups is 1. The molecule has 0 fully saturated rings. The van der Waals surface area contributed by atoms with Crippen LogP contribution in [0.2, 0.25) is 5.02 Å². The van der Waals surface area contributed by atoms with E-state index in [2.05, 4.69) is 0 Å². The average molecular weight is 227 g/mol. The number of rotatable bonds is 1. The summed E-state index contributed by atoms with van der Waals surface area (Å²) in [5.41, 5.74) is -0.860. The molecule has 15 heavy (non-hydrogen) atoms. The molecule has 1 aromatic rings. The third-order valence-corrected chi connectivity index (χ3v) is 2.13. The van der Waals surface area contributed by atoms with E-state index >= 15 is 0 Å². The summed E-state index contributed by atoms with van der Waals surface area (Å²) in [6, 6.07) is 5.76. The maximum Gasteiger partial charge on any atom is 0.204 e. The Morgan fingerprint density at radius 3 is 2.20 bits per heavy atom. The smallest absolute Gasteiger partial charge is 0.204 e. The summed E-state index contributed by atoms with van der Waals surface area (Å²) in [5.74, 6) is 0. The van der Waals surface area contributed by atoms with Gasteiger partial charge in [-0.3, -0.25) is 4.79 Å². The van der Waals surface area contributed by atoms with Gasteiger partial charge in [0.2, 0.25) is 5.43 Å². The highest BCUT2D eigenvalue weighted by Gasteiger charge is 2.22. The molecule has 0 aliphatic carbocycles. The van der Waals surface area contributed by atoms with E-state index in [-0.39, 0.29) is 11.1 Å². The summed E-state index contributed by atoms with van der Waals surface area (Å²) in [6.07, 6.45) is 0. The number of halogens is 1. The van der Waals surface area contributed by atoms with Crippen LogP contribution in [0.3, 0.4) is 0 Å². The largest absolute Gasteiger partial charge is 0.288 e. The zero-order chi connectivity index (χ0) is 11.6. The summed E-state index contributed by atoms with van der Waals surface area (Å²) in [5, 5.41) is 12.9. The number of hydrogen-bond acceptors (Lipinski definition) is 2. The molecule has 1 aromatic carbocycles. The van der Waals surface area contributed by atoms with Crippen molar-refractivity contribution in [2.75, 3.05) is 5.06 Å². The van der Waals surface area contributed by atoms with Crippen molar-refractivity contribution in [1.29, 1.82) is 0 Å². The van der Waals surface area contributed by atoms with Gasteiger partial charge in [0.15, 0.2) is 0 Å². The molecule has 0 saturated heterocycles. The first-order chi connectivity index (χ1) is 6.82. The topological polar surface area (TPSA) is 40.2 Å². The number of hydrogen-bond donors (Lipinski definition) is 0. The molecule has 3 nitrogen and oxygen atoms in total. The molecule has 0 bridgehead atoms. The van der Waals surface area contributed by atoms with Crippen LogP contribution in [0.15, 0.2) is 29.1 Å². The minimum Gasteiger partial charge on any atom is -0.288 e. The van der Waals surface area contributed by atoms with Gasteiger partial charge in [0, 0.05) is 5.02 Å². The zero-order valence-corrected chi connectivity index (χ0v) is 9.71. The molecule has 0 aliphatic rings. The van der Waals surface area contributed by atoms with Crippen LogP contribution >= 0.6 is 11.6 Å². The molecule has 4 heteroatoms. The Balaban J connectivity index is 3.28. The van der Waals surface area contributed by atoms with Crippen LogP contribution in [0.25, 0.3) is 0 Å². The number of nitrogens with zero attached hydrogens (tertiary/aromatic N) is 1. The Morgan fingerprint density at radius 1 is 1.13 bits per heavy atom. The predicted molar refractivity (Wildman–Crippen MR) is 60.6 cm³/mol. The maximum absolute atomic E-state index is 11.8. The van der Waals surface area contributed by atoms with Crippen LogP contribution in [0.5, 0.6) is 0 Å². The van der Waals surface area contributed by atoms with E-state index < -0.39 is 5.54 Å². The van der Waals surface area contributed by atoms with Crippen molar-refractivity contribution in [1.82, 2.24) is 0 Å². The number of anilines is 1. The van der Waals surface area contributed by atoms with Crippen molar-refractivity contribution >= 4 is 17.3 Å². The first-order valence-corrected chi connectivity index (χ1v) is 4.97. The molecule has 0 amide bonds. The summed E-state index contributed by atoms with van der Waals surface area (Å²) < 4.78 is 0. The Labute approximate surface area is 93.9 Å². The highest BCUT2D eigenvalue weighted by atomic mass is 35.5. The third kappa shape index (κ3) is 2.94. The van der Waals surface area contributed by atoms with E-state index in [0.29, 0.717) is 10.1 Å². The highest BCUT2D eigenvalue weighted by molar-refractivity contribution is 6.30. The van der Waals surface area contributed by atoms with Crippen LogP contribution in [0.1, 0.15) is 20.8 Å². The van der Waals surface area contributed by atoms with Gasteiger partial charge >= 0.3 is 0 Å². The Kier molecular flexibility index (Phi) is 3.37. The molecule has 0 aromatic heterocycles. The SMILES string of the molecule is CC(C)(C)N([O])c1ccc(Cl)ccc1=O. The fourth-order valence-corrected chi connectivity index (χ4v) is 1.19. The van der Waals surface area contributed by atoms with Crippen molar-refractivity contribution in [3.8, 4) is 0 Å². The maximum atomic E-state index is 11.8. The zero-order valence-electron chi connectivity index (χ0n) is 8.95. The van der Waals surface area contributed by atoms with Gasteiger partial charge in [-0.1, -0.05) is 16.8 Å². The van der Waals surface area contributed by atoms with Gasteiger partial charge in [-0.05, 0) is 45.0 Å². The third-order valence-electron chi connectivity index (χ3n) is 1.87. The Hall–Kier alpha value is -1.06. The van der Waals surface area contributed by atoms with Gasteiger partial charge in [0.1, 0.15) is 5.69 Å². The van der Waals surface area contributed by atoms with E-state index in [4.69, 9.17) is 11.6 Å². The Morgan fingerprint density at radius 2 is 1.67 bits per heavy atom. The summed E-state index contributed by atoms with van der Waals surface area (Å²) in [7, 11) is 0. The second kappa shape index (κ2) is 4.21. The van der Waals surface area contributed by atoms with Crippen LogP contribution < -0.4 is 10.5 Å². The minimum absolute atomic E-state index is 0.106. The first kappa shape index (κ1) is 12.0. The lowest BCUT2D eigenvalue weighted by atomic mass is 10.1. The van der Waals surface area contributed by atoms with Gasteiger partial charge in [-0.25, -0.2) is 5.06 Å². The normalized spacial score (nSPS) is 11.3. The van der Waals surface area contributed by atoms with Crippen molar-refractivity contribution < 1.29 is 5.21 Å². The van der Waals surface area contributed by atoms with E-state index in [9.17, 15) is 10.0 Å². The molecular weight excluding hydrogens is 214 g/mol. The van der Waals surface area contributed by atoms with Gasteiger partial charge in [-0.15, -0.1) is 0 Å². The molecule has 0 heterocycles. The van der Waals surface area contributed by atoms with E-state index in [1.54, 1.807) is 20.8 Å². The van der Waals surface area contributed by atoms with Crippen LogP contribution in [0.4, 0.5) is 5.69 Å². The summed E-state index contributed by atoms with van der Waals surface area (Å²) in [4.78, 5) is 11.6. The fraction of sp³-hybridized carbons (Fsp3) is 0.364. The second-order valence-corrected chi connectivity index (χ2v) is 4.70. The lowest BCUT2D eigenvalue weighted by Gasteiger charge is -2.27.